The van der Waals surface area contributed by atoms with Crippen LogP contribution in [0.15, 0.2) is 66.9 Å². The van der Waals surface area contributed by atoms with Crippen molar-refractivity contribution in [3.8, 4) is 0 Å². The van der Waals surface area contributed by atoms with Crippen molar-refractivity contribution in [1.82, 2.24) is 25.2 Å². The van der Waals surface area contributed by atoms with Crippen LogP contribution in [0.3, 0.4) is 0 Å². The van der Waals surface area contributed by atoms with Gasteiger partial charge in [0.15, 0.2) is 5.69 Å². The number of carbonyl (C=O) groups excluding carboxylic acids is 2. The number of aromatic nitrogens is 3. The third-order valence-electron chi connectivity index (χ3n) is 5.86. The van der Waals surface area contributed by atoms with Crippen LogP contribution in [-0.4, -0.2) is 44.3 Å². The number of carbonyl (C=O) groups is 2. The Morgan fingerprint density at radius 1 is 1.00 bits per heavy atom. The Kier molecular flexibility index (Phi) is 7.27. The molecule has 1 atom stereocenters. The second-order valence-electron chi connectivity index (χ2n) is 8.22. The van der Waals surface area contributed by atoms with Crippen LogP contribution in [0.5, 0.6) is 0 Å². The molecule has 1 N–H and O–H groups in total. The van der Waals surface area contributed by atoms with Crippen LogP contribution in [0.1, 0.15) is 47.3 Å². The van der Waals surface area contributed by atoms with Crippen molar-refractivity contribution in [3.63, 3.8) is 0 Å². The number of rotatable bonds is 9. The Labute approximate surface area is 188 Å². The fraction of sp³-hybridized carbons (Fsp3) is 0.360. The van der Waals surface area contributed by atoms with E-state index < -0.39 is 0 Å². The topological polar surface area (TPSA) is 80.1 Å². The number of nitrogens with zero attached hydrogens (tertiary/aromatic N) is 4. The van der Waals surface area contributed by atoms with Gasteiger partial charge in [0.1, 0.15) is 0 Å². The fourth-order valence-corrected chi connectivity index (χ4v) is 4.16. The molecule has 0 spiro atoms. The summed E-state index contributed by atoms with van der Waals surface area (Å²) in [5.74, 6) is -0.0512. The summed E-state index contributed by atoms with van der Waals surface area (Å²) in [6.45, 7) is 1.79. The van der Waals surface area contributed by atoms with E-state index in [9.17, 15) is 9.59 Å². The van der Waals surface area contributed by atoms with E-state index in [0.717, 1.165) is 37.8 Å². The number of hydrogen-bond donors (Lipinski definition) is 1. The van der Waals surface area contributed by atoms with E-state index in [1.807, 2.05) is 53.4 Å². The summed E-state index contributed by atoms with van der Waals surface area (Å²) in [5, 5.41) is 11.0. The van der Waals surface area contributed by atoms with Crippen molar-refractivity contribution in [1.29, 1.82) is 0 Å². The highest BCUT2D eigenvalue weighted by Crippen LogP contribution is 2.20. The van der Waals surface area contributed by atoms with E-state index in [2.05, 4.69) is 27.8 Å². The number of hydrogen-bond acceptors (Lipinski definition) is 4. The predicted octanol–water partition coefficient (Wildman–Crippen LogP) is 3.22. The quantitative estimate of drug-likeness (QED) is 0.564. The van der Waals surface area contributed by atoms with E-state index in [4.69, 9.17) is 0 Å². The molecule has 3 aromatic rings. The average molecular weight is 432 g/mol. The molecule has 7 nitrogen and oxygen atoms in total. The van der Waals surface area contributed by atoms with Crippen LogP contribution in [0, 0.1) is 0 Å². The first-order chi connectivity index (χ1) is 15.7. The van der Waals surface area contributed by atoms with Gasteiger partial charge in [0.25, 0.3) is 5.91 Å². The maximum atomic E-state index is 12.8. The van der Waals surface area contributed by atoms with Gasteiger partial charge < -0.3 is 10.2 Å². The van der Waals surface area contributed by atoms with E-state index in [1.54, 1.807) is 10.9 Å². The fourth-order valence-electron chi connectivity index (χ4n) is 4.16. The number of nitrogens with one attached hydrogen (secondary N) is 1. The van der Waals surface area contributed by atoms with Gasteiger partial charge in [-0.05, 0) is 36.8 Å². The van der Waals surface area contributed by atoms with Gasteiger partial charge in [-0.3, -0.25) is 9.59 Å². The molecule has 0 unspecified atom stereocenters. The van der Waals surface area contributed by atoms with Gasteiger partial charge in [-0.2, -0.15) is 0 Å². The smallest absolute Gasteiger partial charge is 0.273 e. The summed E-state index contributed by atoms with van der Waals surface area (Å²) in [4.78, 5) is 27.1. The highest BCUT2D eigenvalue weighted by atomic mass is 16.2. The number of amides is 2. The first-order valence-corrected chi connectivity index (χ1v) is 11.2. The molecule has 7 heteroatoms. The Hall–Kier alpha value is -3.48. The van der Waals surface area contributed by atoms with Gasteiger partial charge in [0, 0.05) is 19.5 Å². The molecule has 2 heterocycles. The molecule has 0 bridgehead atoms. The third-order valence-corrected chi connectivity index (χ3v) is 5.86. The Morgan fingerprint density at radius 3 is 2.47 bits per heavy atom. The maximum Gasteiger partial charge on any atom is 0.273 e. The normalized spacial score (nSPS) is 15.6. The highest BCUT2D eigenvalue weighted by Gasteiger charge is 2.29. The second-order valence-corrected chi connectivity index (χ2v) is 8.22. The molecule has 2 aromatic carbocycles. The molecule has 166 valence electrons. The van der Waals surface area contributed by atoms with Crippen molar-refractivity contribution < 1.29 is 9.59 Å². The largest absolute Gasteiger partial charge is 0.347 e. The summed E-state index contributed by atoms with van der Waals surface area (Å²) in [7, 11) is 0. The minimum Gasteiger partial charge on any atom is -0.347 e. The number of likely N-dealkylation sites (tertiary alicyclic amines) is 1. The van der Waals surface area contributed by atoms with Gasteiger partial charge in [-0.25, -0.2) is 4.68 Å². The van der Waals surface area contributed by atoms with Crippen LogP contribution in [0.4, 0.5) is 0 Å². The van der Waals surface area contributed by atoms with Crippen LogP contribution in [0.2, 0.25) is 0 Å². The molecule has 2 amide bonds. The lowest BCUT2D eigenvalue weighted by molar-refractivity contribution is -0.132. The average Bonchev–Trinajstić information content (AvgIpc) is 3.49. The van der Waals surface area contributed by atoms with Gasteiger partial charge in [-0.1, -0.05) is 65.9 Å². The standard InChI is InChI=1S/C25H29N5O2/c31-24(15-7-13-20-9-3-1-4-10-20)30-16-8-14-22(30)18-29-19-23(27-28-29)25(32)26-17-21-11-5-2-6-12-21/h1-6,9-12,19,22H,7-8,13-18H2,(H,26,32)/t22-/m0/s1. The molecule has 1 aliphatic rings. The van der Waals surface area contributed by atoms with Crippen LogP contribution >= 0.6 is 0 Å². The molecular weight excluding hydrogens is 402 g/mol. The van der Waals surface area contributed by atoms with Gasteiger partial charge in [-0.15, -0.1) is 5.10 Å². The minimum atomic E-state index is -0.250. The summed E-state index contributed by atoms with van der Waals surface area (Å²) < 4.78 is 1.68. The zero-order valence-corrected chi connectivity index (χ0v) is 18.2. The number of aryl methyl sites for hydroxylation is 1. The van der Waals surface area contributed by atoms with Crippen molar-refractivity contribution in [2.24, 2.45) is 0 Å². The summed E-state index contributed by atoms with van der Waals surface area (Å²) in [6, 6.07) is 20.1. The summed E-state index contributed by atoms with van der Waals surface area (Å²) in [6.07, 6.45) is 5.91. The molecule has 0 saturated carbocycles. The summed E-state index contributed by atoms with van der Waals surface area (Å²) >= 11 is 0. The number of benzene rings is 2. The van der Waals surface area contributed by atoms with Gasteiger partial charge in [0.05, 0.1) is 18.8 Å². The third kappa shape index (κ3) is 5.81. The molecule has 1 fully saturated rings. The van der Waals surface area contributed by atoms with Crippen molar-refractivity contribution in [2.45, 2.75) is 51.2 Å². The second kappa shape index (κ2) is 10.7. The Balaban J connectivity index is 1.26. The van der Waals surface area contributed by atoms with E-state index in [-0.39, 0.29) is 17.9 Å². The lowest BCUT2D eigenvalue weighted by Gasteiger charge is -2.24. The predicted molar refractivity (Wildman–Crippen MR) is 122 cm³/mol. The highest BCUT2D eigenvalue weighted by molar-refractivity contribution is 5.91. The van der Waals surface area contributed by atoms with E-state index >= 15 is 0 Å². The molecule has 0 aliphatic carbocycles. The van der Waals surface area contributed by atoms with Gasteiger partial charge in [0.2, 0.25) is 5.91 Å². The lowest BCUT2D eigenvalue weighted by Crippen LogP contribution is -2.38. The zero-order valence-electron chi connectivity index (χ0n) is 18.2. The first kappa shape index (κ1) is 21.7. The van der Waals surface area contributed by atoms with Gasteiger partial charge >= 0.3 is 0 Å². The van der Waals surface area contributed by atoms with Crippen LogP contribution in [0.25, 0.3) is 0 Å². The molecule has 32 heavy (non-hydrogen) atoms. The minimum absolute atomic E-state index is 0.0983. The monoisotopic (exact) mass is 431 g/mol. The molecule has 0 radical (unpaired) electrons. The van der Waals surface area contributed by atoms with Crippen molar-refractivity contribution in [3.05, 3.63) is 83.7 Å². The summed E-state index contributed by atoms with van der Waals surface area (Å²) in [5.41, 5.74) is 2.58. The molecule has 1 aliphatic heterocycles. The Bertz CT molecular complexity index is 1020. The lowest BCUT2D eigenvalue weighted by atomic mass is 10.1. The maximum absolute atomic E-state index is 12.8. The Morgan fingerprint density at radius 2 is 1.72 bits per heavy atom. The first-order valence-electron chi connectivity index (χ1n) is 11.2. The molecule has 4 rings (SSSR count). The SMILES string of the molecule is O=C(NCc1ccccc1)c1cn(C[C@@H]2CCCN2C(=O)CCCc2ccccc2)nn1. The molecule has 1 saturated heterocycles. The van der Waals surface area contributed by atoms with Crippen LogP contribution in [-0.2, 0) is 24.3 Å². The van der Waals surface area contributed by atoms with Crippen molar-refractivity contribution in [2.75, 3.05) is 6.54 Å². The molecular formula is C25H29N5O2. The van der Waals surface area contributed by atoms with E-state index in [0.29, 0.717) is 25.2 Å². The zero-order chi connectivity index (χ0) is 22.2. The van der Waals surface area contributed by atoms with Crippen LogP contribution < -0.4 is 5.32 Å². The van der Waals surface area contributed by atoms with E-state index in [1.165, 1.54) is 5.56 Å². The van der Waals surface area contributed by atoms with Crippen molar-refractivity contribution >= 4 is 11.8 Å². The molecule has 1 aromatic heterocycles.